The number of aromatic nitrogens is 2. The van der Waals surface area contributed by atoms with Crippen LogP contribution in [0.25, 0.3) is 10.9 Å². The van der Waals surface area contributed by atoms with Crippen LogP contribution >= 0.6 is 11.6 Å². The first-order valence-corrected chi connectivity index (χ1v) is 12.6. The lowest BCUT2D eigenvalue weighted by Gasteiger charge is -2.25. The van der Waals surface area contributed by atoms with Crippen LogP contribution in [0, 0.1) is 17.3 Å². The quantitative estimate of drug-likeness (QED) is 0.370. The molecule has 1 aliphatic carbocycles. The molecule has 3 aromatic rings. The van der Waals surface area contributed by atoms with Crippen molar-refractivity contribution in [1.82, 2.24) is 9.55 Å². The van der Waals surface area contributed by atoms with Crippen LogP contribution in [0.1, 0.15) is 30.4 Å². The molecule has 11 heteroatoms. The predicted molar refractivity (Wildman–Crippen MR) is 139 cm³/mol. The molecule has 7 nitrogen and oxygen atoms in total. The zero-order valence-electron chi connectivity index (χ0n) is 20.7. The first-order valence-electron chi connectivity index (χ1n) is 12.3. The van der Waals surface area contributed by atoms with E-state index in [1.54, 1.807) is 31.3 Å². The van der Waals surface area contributed by atoms with Crippen molar-refractivity contribution >= 4 is 34.0 Å². The summed E-state index contributed by atoms with van der Waals surface area (Å²) in [5.74, 6) is 6.04. The van der Waals surface area contributed by atoms with E-state index in [0.717, 1.165) is 0 Å². The molecule has 2 aliphatic rings. The second-order valence-electron chi connectivity index (χ2n) is 9.40. The van der Waals surface area contributed by atoms with Gasteiger partial charge in [-0.1, -0.05) is 29.5 Å². The van der Waals surface area contributed by atoms with Crippen molar-refractivity contribution in [2.24, 2.45) is 18.2 Å². The molecule has 2 aromatic carbocycles. The maximum Gasteiger partial charge on any atom is 0.405 e. The molecule has 0 atom stereocenters. The van der Waals surface area contributed by atoms with Gasteiger partial charge in [0.1, 0.15) is 17.0 Å². The number of alkyl halides is 3. The van der Waals surface area contributed by atoms with Crippen LogP contribution in [0.15, 0.2) is 35.1 Å². The fourth-order valence-corrected chi connectivity index (χ4v) is 4.69. The Kier molecular flexibility index (Phi) is 7.03. The fourth-order valence-electron chi connectivity index (χ4n) is 4.47. The Hall–Kier alpha value is -3.26. The van der Waals surface area contributed by atoms with Gasteiger partial charge in [-0.05, 0) is 44.0 Å². The summed E-state index contributed by atoms with van der Waals surface area (Å²) in [6, 6.07) is 8.63. The zero-order valence-corrected chi connectivity index (χ0v) is 21.5. The Morgan fingerprint density at radius 3 is 2.79 bits per heavy atom. The molecule has 1 fully saturated rings. The third kappa shape index (κ3) is 4.82. The Balaban J connectivity index is 1.62. The van der Waals surface area contributed by atoms with Crippen LogP contribution in [0.4, 0.5) is 24.7 Å². The molecule has 0 saturated heterocycles. The molecular weight excluding hydrogens is 521 g/mol. The Morgan fingerprint density at radius 2 is 2.08 bits per heavy atom. The van der Waals surface area contributed by atoms with Crippen LogP contribution in [0.5, 0.6) is 5.75 Å². The summed E-state index contributed by atoms with van der Waals surface area (Å²) >= 11 is 6.54. The molecule has 1 saturated carbocycles. The van der Waals surface area contributed by atoms with Crippen molar-refractivity contribution in [2.45, 2.75) is 32.0 Å². The van der Waals surface area contributed by atoms with Crippen molar-refractivity contribution < 1.29 is 22.6 Å². The molecule has 0 bridgehead atoms. The third-order valence-electron chi connectivity index (χ3n) is 6.88. The number of ether oxygens (including phenoxy) is 2. The molecule has 2 N–H and O–H groups in total. The smallest absolute Gasteiger partial charge is 0.405 e. The highest BCUT2D eigenvalue weighted by Crippen LogP contribution is 2.57. The molecule has 2 heterocycles. The highest BCUT2D eigenvalue weighted by Gasteiger charge is 2.62. The lowest BCUT2D eigenvalue weighted by molar-refractivity contribution is -0.168. The van der Waals surface area contributed by atoms with Gasteiger partial charge < -0.3 is 20.1 Å². The van der Waals surface area contributed by atoms with E-state index < -0.39 is 17.3 Å². The highest BCUT2D eigenvalue weighted by molar-refractivity contribution is 6.33. The summed E-state index contributed by atoms with van der Waals surface area (Å²) in [6.45, 7) is 1.68. The number of hydrogen-bond acceptors (Lipinski definition) is 6. The van der Waals surface area contributed by atoms with Gasteiger partial charge in [0.05, 0.1) is 30.4 Å². The molecule has 0 unspecified atom stereocenters. The number of benzene rings is 2. The van der Waals surface area contributed by atoms with E-state index in [1.807, 2.05) is 11.0 Å². The number of halogens is 4. The van der Waals surface area contributed by atoms with Crippen molar-refractivity contribution in [3.63, 3.8) is 0 Å². The number of hydrogen-bond donors (Lipinski definition) is 1. The monoisotopic (exact) mass is 546 g/mol. The number of anilines is 2. The number of fused-ring (bicyclic) bond motifs is 2. The average Bonchev–Trinajstić information content (AvgIpc) is 3.70. The highest BCUT2D eigenvalue weighted by atomic mass is 35.5. The molecule has 200 valence electrons. The van der Waals surface area contributed by atoms with Crippen LogP contribution in [-0.4, -0.2) is 42.0 Å². The SMILES string of the molecule is Cn1c(=O)nc(N2CCOCc3c(C#CC4(C(F)(F)F)CC4)cccc32)c2cc(Cl)c(OCCCN)cc21. The van der Waals surface area contributed by atoms with E-state index in [2.05, 4.69) is 16.8 Å². The summed E-state index contributed by atoms with van der Waals surface area (Å²) in [5, 5.41) is 0.964. The molecule has 0 radical (unpaired) electrons. The molecule has 5 rings (SSSR count). The summed E-state index contributed by atoms with van der Waals surface area (Å²) in [4.78, 5) is 19.1. The van der Waals surface area contributed by atoms with Gasteiger partial charge in [0, 0.05) is 41.9 Å². The van der Waals surface area contributed by atoms with Gasteiger partial charge in [-0.25, -0.2) is 4.79 Å². The second kappa shape index (κ2) is 10.1. The maximum atomic E-state index is 13.5. The van der Waals surface area contributed by atoms with E-state index in [1.165, 1.54) is 4.57 Å². The average molecular weight is 547 g/mol. The van der Waals surface area contributed by atoms with Gasteiger partial charge in [0.25, 0.3) is 0 Å². The van der Waals surface area contributed by atoms with Crippen molar-refractivity contribution in [2.75, 3.05) is 31.2 Å². The van der Waals surface area contributed by atoms with Gasteiger partial charge in [-0.2, -0.15) is 18.2 Å². The number of nitrogens with zero attached hydrogens (tertiary/aromatic N) is 3. The lowest BCUT2D eigenvalue weighted by Crippen LogP contribution is -2.28. The lowest BCUT2D eigenvalue weighted by atomic mass is 10.0. The summed E-state index contributed by atoms with van der Waals surface area (Å²) in [6.07, 6.45) is -3.71. The van der Waals surface area contributed by atoms with Gasteiger partial charge >= 0.3 is 11.9 Å². The van der Waals surface area contributed by atoms with Gasteiger partial charge in [0.15, 0.2) is 0 Å². The number of nitrogens with two attached hydrogens (primary N) is 1. The van der Waals surface area contributed by atoms with Gasteiger partial charge in [-0.15, -0.1) is 0 Å². The van der Waals surface area contributed by atoms with Crippen LogP contribution in [-0.2, 0) is 18.4 Å². The normalized spacial score (nSPS) is 16.4. The topological polar surface area (TPSA) is 82.6 Å². The first kappa shape index (κ1) is 26.4. The second-order valence-corrected chi connectivity index (χ2v) is 9.81. The van der Waals surface area contributed by atoms with E-state index in [0.29, 0.717) is 77.0 Å². The Bertz CT molecular complexity index is 1510. The van der Waals surface area contributed by atoms with Crippen molar-refractivity contribution in [3.05, 3.63) is 57.0 Å². The third-order valence-corrected chi connectivity index (χ3v) is 7.17. The van der Waals surface area contributed by atoms with E-state index >= 15 is 0 Å². The van der Waals surface area contributed by atoms with Crippen molar-refractivity contribution in [1.29, 1.82) is 0 Å². The maximum absolute atomic E-state index is 13.5. The fraction of sp³-hybridized carbons (Fsp3) is 0.407. The zero-order chi connectivity index (χ0) is 27.1. The summed E-state index contributed by atoms with van der Waals surface area (Å²) < 4.78 is 53.3. The largest absolute Gasteiger partial charge is 0.492 e. The van der Waals surface area contributed by atoms with E-state index in [9.17, 15) is 18.0 Å². The number of aryl methyl sites for hydroxylation is 1. The standard InChI is InChI=1S/C27H26ClF3N4O3/c1-34-22-15-23(38-12-3-10-32)20(28)14-18(22)24(33-25(34)36)35-11-13-37-16-19-17(4-2-5-21(19)35)6-7-26(8-9-26)27(29,30)31/h2,4-5,14-15H,3,8-13,16,32H2,1H3. The minimum Gasteiger partial charge on any atom is -0.492 e. The molecule has 1 aliphatic heterocycles. The Labute approximate surface area is 222 Å². The number of rotatable bonds is 5. The van der Waals surface area contributed by atoms with Gasteiger partial charge in [-0.3, -0.25) is 4.57 Å². The molecular formula is C27H26ClF3N4O3. The Morgan fingerprint density at radius 1 is 1.29 bits per heavy atom. The minimum atomic E-state index is -4.37. The molecule has 1 aromatic heterocycles. The van der Waals surface area contributed by atoms with E-state index in [-0.39, 0.29) is 19.4 Å². The summed E-state index contributed by atoms with van der Waals surface area (Å²) in [5.41, 5.74) is 5.45. The van der Waals surface area contributed by atoms with Gasteiger partial charge in [0.2, 0.25) is 0 Å². The molecule has 38 heavy (non-hydrogen) atoms. The van der Waals surface area contributed by atoms with E-state index in [4.69, 9.17) is 26.8 Å². The minimum absolute atomic E-state index is 0.00303. The molecule has 0 amide bonds. The van der Waals surface area contributed by atoms with Crippen LogP contribution < -0.4 is 21.1 Å². The first-order chi connectivity index (χ1) is 18.1. The summed E-state index contributed by atoms with van der Waals surface area (Å²) in [7, 11) is 1.61. The predicted octanol–water partition coefficient (Wildman–Crippen LogP) is 4.68. The van der Waals surface area contributed by atoms with Crippen LogP contribution in [0.3, 0.4) is 0 Å². The molecule has 0 spiro atoms. The van der Waals surface area contributed by atoms with Crippen molar-refractivity contribution in [3.8, 4) is 17.6 Å². The van der Waals surface area contributed by atoms with Crippen LogP contribution in [0.2, 0.25) is 5.02 Å².